The molecule has 0 aromatic heterocycles. The van der Waals surface area contributed by atoms with Crippen molar-refractivity contribution in [2.75, 3.05) is 5.73 Å². The molecule has 0 amide bonds. The molecule has 2 N–H and O–H groups in total. The zero-order valence-corrected chi connectivity index (χ0v) is 9.24. The number of alkyl halides is 3. The molecule has 1 aromatic rings. The first-order chi connectivity index (χ1) is 6.73. The third-order valence-electron chi connectivity index (χ3n) is 1.78. The number of rotatable bonds is 1. The molecule has 0 aliphatic heterocycles. The lowest BCUT2D eigenvalue weighted by Crippen LogP contribution is -2.10. The molecule has 6 heteroatoms. The van der Waals surface area contributed by atoms with E-state index in [1.807, 2.05) is 0 Å². The summed E-state index contributed by atoms with van der Waals surface area (Å²) in [7, 11) is 0. The molecule has 0 spiro atoms. The van der Waals surface area contributed by atoms with Gasteiger partial charge in [0, 0.05) is 15.7 Å². The highest BCUT2D eigenvalue weighted by Crippen LogP contribution is 2.38. The van der Waals surface area contributed by atoms with Gasteiger partial charge in [0.1, 0.15) is 0 Å². The molecule has 0 heterocycles. The van der Waals surface area contributed by atoms with Gasteiger partial charge in [-0.3, -0.25) is 4.79 Å². The lowest BCUT2D eigenvalue weighted by Gasteiger charge is -2.12. The molecule has 1 rings (SSSR count). The molecule has 0 unspecified atom stereocenters. The Hall–Kier alpha value is -1.04. The van der Waals surface area contributed by atoms with Crippen LogP contribution in [0.25, 0.3) is 0 Å². The minimum Gasteiger partial charge on any atom is -0.399 e. The SMILES string of the molecule is CC(=O)c1cc(N)cc(C(F)(F)F)c1Br. The molecule has 15 heavy (non-hydrogen) atoms. The zero-order valence-electron chi connectivity index (χ0n) is 7.65. The minimum atomic E-state index is -4.53. The van der Waals surface area contributed by atoms with Crippen LogP contribution in [0.1, 0.15) is 22.8 Å². The summed E-state index contributed by atoms with van der Waals surface area (Å²) >= 11 is 2.76. The number of hydrogen-bond acceptors (Lipinski definition) is 2. The van der Waals surface area contributed by atoms with Gasteiger partial charge in [-0.05, 0) is 35.0 Å². The van der Waals surface area contributed by atoms with E-state index in [1.165, 1.54) is 13.0 Å². The summed E-state index contributed by atoms with van der Waals surface area (Å²) in [4.78, 5) is 11.0. The van der Waals surface area contributed by atoms with Crippen LogP contribution in [0.2, 0.25) is 0 Å². The quantitative estimate of drug-likeness (QED) is 0.634. The fourth-order valence-corrected chi connectivity index (χ4v) is 1.84. The van der Waals surface area contributed by atoms with Crippen LogP contribution in [-0.2, 0) is 6.18 Å². The highest BCUT2D eigenvalue weighted by atomic mass is 79.9. The van der Waals surface area contributed by atoms with Crippen molar-refractivity contribution in [3.63, 3.8) is 0 Å². The molecule has 0 radical (unpaired) electrons. The van der Waals surface area contributed by atoms with Crippen LogP contribution in [0.4, 0.5) is 18.9 Å². The number of carbonyl (C=O) groups excluding carboxylic acids is 1. The Morgan fingerprint density at radius 3 is 2.33 bits per heavy atom. The van der Waals surface area contributed by atoms with Gasteiger partial charge in [-0.2, -0.15) is 13.2 Å². The summed E-state index contributed by atoms with van der Waals surface area (Å²) < 4.78 is 37.2. The van der Waals surface area contributed by atoms with Gasteiger partial charge < -0.3 is 5.73 Å². The van der Waals surface area contributed by atoms with Crippen molar-refractivity contribution in [1.82, 2.24) is 0 Å². The maximum Gasteiger partial charge on any atom is 0.417 e. The minimum absolute atomic E-state index is 0.0673. The van der Waals surface area contributed by atoms with E-state index in [0.29, 0.717) is 0 Å². The summed E-state index contributed by atoms with van der Waals surface area (Å²) in [6.45, 7) is 1.18. The third kappa shape index (κ3) is 2.50. The van der Waals surface area contributed by atoms with Crippen LogP contribution in [0.5, 0.6) is 0 Å². The number of anilines is 1. The number of carbonyl (C=O) groups is 1. The maximum atomic E-state index is 12.5. The van der Waals surface area contributed by atoms with E-state index in [9.17, 15) is 18.0 Å². The summed E-state index contributed by atoms with van der Waals surface area (Å²) in [5.41, 5.74) is 4.20. The van der Waals surface area contributed by atoms with Crippen LogP contribution in [0.15, 0.2) is 16.6 Å². The molecule has 0 aliphatic rings. The van der Waals surface area contributed by atoms with Gasteiger partial charge >= 0.3 is 6.18 Å². The van der Waals surface area contributed by atoms with E-state index in [2.05, 4.69) is 15.9 Å². The third-order valence-corrected chi connectivity index (χ3v) is 2.63. The molecule has 82 valence electrons. The van der Waals surface area contributed by atoms with Crippen molar-refractivity contribution in [3.8, 4) is 0 Å². The summed E-state index contributed by atoms with van der Waals surface area (Å²) in [6, 6.07) is 2.00. The summed E-state index contributed by atoms with van der Waals surface area (Å²) in [5.74, 6) is -0.473. The topological polar surface area (TPSA) is 43.1 Å². The Labute approximate surface area is 92.4 Å². The predicted octanol–water partition coefficient (Wildman–Crippen LogP) is 3.25. The average molecular weight is 282 g/mol. The largest absolute Gasteiger partial charge is 0.417 e. The number of benzene rings is 1. The number of Topliss-reactive ketones (excluding diaryl/α,β-unsaturated/α-hetero) is 1. The molecule has 0 saturated heterocycles. The molecule has 0 bridgehead atoms. The van der Waals surface area contributed by atoms with Gasteiger partial charge in [0.25, 0.3) is 0 Å². The monoisotopic (exact) mass is 281 g/mol. The fraction of sp³-hybridized carbons (Fsp3) is 0.222. The second kappa shape index (κ2) is 3.84. The van der Waals surface area contributed by atoms with Crippen LogP contribution < -0.4 is 5.73 Å². The van der Waals surface area contributed by atoms with Crippen molar-refractivity contribution in [1.29, 1.82) is 0 Å². The van der Waals surface area contributed by atoms with Crippen molar-refractivity contribution >= 4 is 27.4 Å². The van der Waals surface area contributed by atoms with E-state index < -0.39 is 17.5 Å². The summed E-state index contributed by atoms with van der Waals surface area (Å²) in [6.07, 6.45) is -4.53. The second-order valence-electron chi connectivity index (χ2n) is 2.98. The van der Waals surface area contributed by atoms with E-state index in [4.69, 9.17) is 5.73 Å². The first-order valence-corrected chi connectivity index (χ1v) is 4.70. The van der Waals surface area contributed by atoms with Crippen LogP contribution in [-0.4, -0.2) is 5.78 Å². The van der Waals surface area contributed by atoms with Gasteiger partial charge in [-0.25, -0.2) is 0 Å². The Morgan fingerprint density at radius 2 is 1.93 bits per heavy atom. The van der Waals surface area contributed by atoms with Crippen LogP contribution >= 0.6 is 15.9 Å². The molecular formula is C9H7BrF3NO. The van der Waals surface area contributed by atoms with E-state index in [-0.39, 0.29) is 15.7 Å². The number of hydrogen-bond donors (Lipinski definition) is 1. The van der Waals surface area contributed by atoms with E-state index >= 15 is 0 Å². The molecule has 1 aromatic carbocycles. The lowest BCUT2D eigenvalue weighted by atomic mass is 10.1. The van der Waals surface area contributed by atoms with Gasteiger partial charge in [0.2, 0.25) is 0 Å². The highest BCUT2D eigenvalue weighted by Gasteiger charge is 2.34. The average Bonchev–Trinajstić information content (AvgIpc) is 2.06. The Bertz CT molecular complexity index is 415. The Morgan fingerprint density at radius 1 is 1.40 bits per heavy atom. The van der Waals surface area contributed by atoms with Crippen molar-refractivity contribution < 1.29 is 18.0 Å². The molecule has 0 fully saturated rings. The van der Waals surface area contributed by atoms with Gasteiger partial charge in [0.15, 0.2) is 5.78 Å². The number of ketones is 1. The lowest BCUT2D eigenvalue weighted by molar-refractivity contribution is -0.138. The van der Waals surface area contributed by atoms with Gasteiger partial charge in [-0.15, -0.1) is 0 Å². The highest BCUT2D eigenvalue weighted by molar-refractivity contribution is 9.10. The standard InChI is InChI=1S/C9H7BrF3NO/c1-4(15)6-2-5(14)3-7(8(6)10)9(11,12)13/h2-3H,14H2,1H3. The first-order valence-electron chi connectivity index (χ1n) is 3.90. The van der Waals surface area contributed by atoms with Crippen LogP contribution in [0.3, 0.4) is 0 Å². The van der Waals surface area contributed by atoms with Crippen molar-refractivity contribution in [3.05, 3.63) is 27.7 Å². The number of nitrogens with two attached hydrogens (primary N) is 1. The Kier molecular flexibility index (Phi) is 3.08. The number of halogens is 4. The first kappa shape index (κ1) is 12.0. The van der Waals surface area contributed by atoms with Gasteiger partial charge in [0.05, 0.1) is 5.56 Å². The van der Waals surface area contributed by atoms with Crippen LogP contribution in [0, 0.1) is 0 Å². The predicted molar refractivity (Wildman–Crippen MR) is 53.6 cm³/mol. The molecule has 0 atom stereocenters. The zero-order chi connectivity index (χ0) is 11.8. The second-order valence-corrected chi connectivity index (χ2v) is 3.78. The number of nitrogen functional groups attached to an aromatic ring is 1. The fourth-order valence-electron chi connectivity index (χ4n) is 1.11. The van der Waals surface area contributed by atoms with E-state index in [0.717, 1.165) is 6.07 Å². The van der Waals surface area contributed by atoms with Crippen molar-refractivity contribution in [2.45, 2.75) is 13.1 Å². The smallest absolute Gasteiger partial charge is 0.399 e. The van der Waals surface area contributed by atoms with Gasteiger partial charge in [-0.1, -0.05) is 0 Å². The van der Waals surface area contributed by atoms with Crippen molar-refractivity contribution in [2.24, 2.45) is 0 Å². The molecule has 0 saturated carbocycles. The molecule has 2 nitrogen and oxygen atoms in total. The maximum absolute atomic E-state index is 12.5. The summed E-state index contributed by atoms with van der Waals surface area (Å²) in [5, 5.41) is 0. The molecule has 0 aliphatic carbocycles. The molecular weight excluding hydrogens is 275 g/mol. The van der Waals surface area contributed by atoms with E-state index in [1.54, 1.807) is 0 Å². The Balaban J connectivity index is 3.49. The normalized spacial score (nSPS) is 11.5.